The van der Waals surface area contributed by atoms with Gasteiger partial charge in [-0.15, -0.1) is 23.2 Å². The van der Waals surface area contributed by atoms with Crippen molar-refractivity contribution in [3.8, 4) is 0 Å². The molecule has 0 spiro atoms. The number of carbonyl (C=O) groups excluding carboxylic acids is 4. The van der Waals surface area contributed by atoms with Gasteiger partial charge in [-0.05, 0) is 42.9 Å². The van der Waals surface area contributed by atoms with Crippen molar-refractivity contribution < 1.29 is 23.9 Å². The maximum atomic E-state index is 12.7. The minimum Gasteiger partial charge on any atom is -0.454 e. The number of benzene rings is 1. The van der Waals surface area contributed by atoms with Crippen LogP contribution in [0.4, 0.5) is 5.69 Å². The van der Waals surface area contributed by atoms with E-state index in [0.717, 1.165) is 10.5 Å². The number of likely N-dealkylation sites (tertiary alicyclic amines) is 1. The Morgan fingerprint density at radius 1 is 1.14 bits per heavy atom. The molecule has 3 amide bonds. The molecule has 6 atom stereocenters. The van der Waals surface area contributed by atoms with Crippen LogP contribution in [0.25, 0.3) is 0 Å². The predicted molar refractivity (Wildman–Crippen MR) is 105 cm³/mol. The second kappa shape index (κ2) is 7.61. The average molecular weight is 439 g/mol. The van der Waals surface area contributed by atoms with Gasteiger partial charge in [0, 0.05) is 5.69 Å². The number of imide groups is 1. The summed E-state index contributed by atoms with van der Waals surface area (Å²) in [6, 6.07) is 7.18. The van der Waals surface area contributed by atoms with Crippen LogP contribution in [-0.2, 0) is 23.9 Å². The number of esters is 1. The normalized spacial score (nSPS) is 32.4. The highest BCUT2D eigenvalue weighted by atomic mass is 35.5. The molecular weight excluding hydrogens is 419 g/mol. The van der Waals surface area contributed by atoms with Gasteiger partial charge in [0.15, 0.2) is 6.61 Å². The van der Waals surface area contributed by atoms with Gasteiger partial charge in [0.05, 0.1) is 22.6 Å². The summed E-state index contributed by atoms with van der Waals surface area (Å²) in [6.45, 7) is 0.872. The summed E-state index contributed by atoms with van der Waals surface area (Å²) in [5.74, 6) is -3.44. The van der Waals surface area contributed by atoms with Crippen molar-refractivity contribution in [3.05, 3.63) is 29.8 Å². The number of nitrogens with one attached hydrogen (secondary N) is 1. The first-order valence-electron chi connectivity index (χ1n) is 9.43. The summed E-state index contributed by atoms with van der Waals surface area (Å²) in [7, 11) is 0. The number of rotatable bonds is 5. The number of nitrogens with zero attached hydrogens (tertiary/aromatic N) is 1. The first-order valence-corrected chi connectivity index (χ1v) is 10.3. The highest BCUT2D eigenvalue weighted by Crippen LogP contribution is 2.59. The predicted octanol–water partition coefficient (Wildman–Crippen LogP) is 1.94. The molecule has 0 aromatic heterocycles. The fraction of sp³-hybridized carbons (Fsp3) is 0.500. The van der Waals surface area contributed by atoms with E-state index in [-0.39, 0.29) is 22.6 Å². The van der Waals surface area contributed by atoms with Gasteiger partial charge in [0.1, 0.15) is 6.54 Å². The van der Waals surface area contributed by atoms with Gasteiger partial charge in [-0.25, -0.2) is 0 Å². The van der Waals surface area contributed by atoms with Crippen LogP contribution in [0.1, 0.15) is 12.0 Å². The van der Waals surface area contributed by atoms with Crippen LogP contribution in [0.3, 0.4) is 0 Å². The Morgan fingerprint density at radius 2 is 1.76 bits per heavy atom. The Morgan fingerprint density at radius 3 is 2.34 bits per heavy atom. The number of alkyl halides is 2. The molecule has 1 aromatic carbocycles. The van der Waals surface area contributed by atoms with E-state index in [9.17, 15) is 19.2 Å². The Bertz CT molecular complexity index is 859. The second-order valence-corrected chi connectivity index (χ2v) is 8.85. The van der Waals surface area contributed by atoms with Crippen LogP contribution >= 0.6 is 23.2 Å². The van der Waals surface area contributed by atoms with E-state index >= 15 is 0 Å². The largest absolute Gasteiger partial charge is 0.454 e. The van der Waals surface area contributed by atoms with Gasteiger partial charge >= 0.3 is 5.97 Å². The lowest BCUT2D eigenvalue weighted by molar-refractivity contribution is -0.154. The van der Waals surface area contributed by atoms with E-state index in [1.54, 1.807) is 18.2 Å². The molecule has 1 saturated heterocycles. The maximum absolute atomic E-state index is 12.7. The van der Waals surface area contributed by atoms with Crippen molar-refractivity contribution >= 4 is 52.6 Å². The number of amides is 3. The summed E-state index contributed by atoms with van der Waals surface area (Å²) in [6.07, 6.45) is 0.659. The molecule has 1 heterocycles. The summed E-state index contributed by atoms with van der Waals surface area (Å²) in [5, 5.41) is 1.92. The van der Waals surface area contributed by atoms with Gasteiger partial charge in [-0.2, -0.15) is 0 Å². The van der Waals surface area contributed by atoms with Crippen LogP contribution in [0.5, 0.6) is 0 Å². The second-order valence-electron chi connectivity index (χ2n) is 7.84. The first kappa shape index (κ1) is 20.2. The molecule has 2 saturated carbocycles. The number of ether oxygens (including phenoxy) is 1. The lowest BCUT2D eigenvalue weighted by Gasteiger charge is -2.28. The molecule has 2 bridgehead atoms. The topological polar surface area (TPSA) is 92.8 Å². The van der Waals surface area contributed by atoms with Crippen molar-refractivity contribution in [1.82, 2.24) is 4.90 Å². The number of anilines is 1. The van der Waals surface area contributed by atoms with Crippen molar-refractivity contribution in [2.45, 2.75) is 24.1 Å². The monoisotopic (exact) mass is 438 g/mol. The molecule has 3 aliphatic rings. The van der Waals surface area contributed by atoms with Crippen molar-refractivity contribution in [3.63, 3.8) is 0 Å². The number of aryl methyl sites for hydroxylation is 1. The molecule has 0 radical (unpaired) electrons. The number of hydrogen-bond donors (Lipinski definition) is 1. The Balaban J connectivity index is 1.32. The third-order valence-electron chi connectivity index (χ3n) is 6.03. The maximum Gasteiger partial charge on any atom is 0.326 e. The van der Waals surface area contributed by atoms with Crippen LogP contribution in [0.15, 0.2) is 24.3 Å². The lowest BCUT2D eigenvalue weighted by atomic mass is 9.80. The fourth-order valence-electron chi connectivity index (χ4n) is 4.81. The molecule has 3 fully saturated rings. The van der Waals surface area contributed by atoms with Crippen LogP contribution < -0.4 is 5.32 Å². The Labute approximate surface area is 177 Å². The number of carbonyl (C=O) groups is 4. The van der Waals surface area contributed by atoms with Crippen molar-refractivity contribution in [1.29, 1.82) is 0 Å². The summed E-state index contributed by atoms with van der Waals surface area (Å²) in [5.41, 5.74) is 1.56. The van der Waals surface area contributed by atoms with Gasteiger partial charge in [-0.3, -0.25) is 24.1 Å². The summed E-state index contributed by atoms with van der Waals surface area (Å²) in [4.78, 5) is 50.4. The Kier molecular flexibility index (Phi) is 5.29. The Hall–Kier alpha value is -2.12. The highest BCUT2D eigenvalue weighted by molar-refractivity contribution is 6.31. The number of hydrogen-bond acceptors (Lipinski definition) is 5. The molecule has 7 nitrogen and oxygen atoms in total. The minimum atomic E-state index is -0.816. The molecule has 1 N–H and O–H groups in total. The minimum absolute atomic E-state index is 0.147. The highest BCUT2D eigenvalue weighted by Gasteiger charge is 2.66. The molecule has 154 valence electrons. The molecule has 2 aliphatic carbocycles. The summed E-state index contributed by atoms with van der Waals surface area (Å²) < 4.78 is 4.95. The molecule has 1 aliphatic heterocycles. The zero-order valence-electron chi connectivity index (χ0n) is 15.6. The van der Waals surface area contributed by atoms with E-state index in [1.807, 2.05) is 13.0 Å². The smallest absolute Gasteiger partial charge is 0.326 e. The van der Waals surface area contributed by atoms with E-state index < -0.39 is 48.7 Å². The molecular formula is C20H20Cl2N2O5. The molecule has 4 rings (SSSR count). The SMILES string of the molecule is Cc1cccc(NC(=O)COC(=O)CN2C(=O)[C@@H]3[C@H]4C[C@@H]([C@H](Cl)[C@H]4Cl)[C@H]3C2=O)c1. The number of halogens is 2. The molecule has 29 heavy (non-hydrogen) atoms. The van der Waals surface area contributed by atoms with Gasteiger partial charge in [0.2, 0.25) is 11.8 Å². The van der Waals surface area contributed by atoms with Crippen LogP contribution in [0.2, 0.25) is 0 Å². The zero-order chi connectivity index (χ0) is 20.9. The first-order chi connectivity index (χ1) is 13.8. The van der Waals surface area contributed by atoms with E-state index in [0.29, 0.717) is 12.1 Å². The number of fused-ring (bicyclic) bond motifs is 5. The summed E-state index contributed by atoms with van der Waals surface area (Å²) >= 11 is 12.6. The standard InChI is InChI=1S/C20H20Cl2N2O5/c1-9-3-2-4-10(5-9)23-13(25)8-29-14(26)7-24-19(27)15-11-6-12(16(15)20(24)28)18(22)17(11)21/h2-5,11-12,15-18H,6-8H2,1H3,(H,23,25)/t11-,12-,15-,16-,17+,18+/m1/s1. The van der Waals surface area contributed by atoms with Gasteiger partial charge in [0.25, 0.3) is 5.91 Å². The third-order valence-corrected chi connectivity index (χ3v) is 7.35. The van der Waals surface area contributed by atoms with E-state index in [2.05, 4.69) is 5.32 Å². The van der Waals surface area contributed by atoms with Crippen molar-refractivity contribution in [2.75, 3.05) is 18.5 Å². The van der Waals surface area contributed by atoms with Crippen molar-refractivity contribution in [2.24, 2.45) is 23.7 Å². The van der Waals surface area contributed by atoms with Crippen LogP contribution in [0, 0.1) is 30.6 Å². The average Bonchev–Trinajstić information content (AvgIpc) is 3.27. The quantitative estimate of drug-likeness (QED) is 0.430. The third kappa shape index (κ3) is 3.51. The fourth-order valence-corrected chi connectivity index (χ4v) is 5.70. The van der Waals surface area contributed by atoms with E-state index in [1.165, 1.54) is 0 Å². The van der Waals surface area contributed by atoms with E-state index in [4.69, 9.17) is 27.9 Å². The van der Waals surface area contributed by atoms with Gasteiger partial charge < -0.3 is 10.1 Å². The van der Waals surface area contributed by atoms with Crippen LogP contribution in [-0.4, -0.2) is 52.5 Å². The lowest BCUT2D eigenvalue weighted by Crippen LogP contribution is -2.38. The zero-order valence-corrected chi connectivity index (χ0v) is 17.2. The molecule has 0 unspecified atom stereocenters. The van der Waals surface area contributed by atoms with Gasteiger partial charge in [-0.1, -0.05) is 12.1 Å². The molecule has 9 heteroatoms. The molecule has 1 aromatic rings.